The topological polar surface area (TPSA) is 91.7 Å². The molecule has 0 amide bonds. The highest BCUT2D eigenvalue weighted by Crippen LogP contribution is 2.46. The minimum atomic E-state index is -0.600. The van der Waals surface area contributed by atoms with Crippen molar-refractivity contribution >= 4 is 34.5 Å². The van der Waals surface area contributed by atoms with E-state index in [1.54, 1.807) is 24.0 Å². The Hall–Kier alpha value is -2.43. The van der Waals surface area contributed by atoms with E-state index in [-0.39, 0.29) is 5.82 Å². The molecule has 0 unspecified atom stereocenters. The largest absolute Gasteiger partial charge is 0.466 e. The molecular weight excluding hydrogens is 348 g/mol. The monoisotopic (exact) mass is 360 g/mol. The quantitative estimate of drug-likeness (QED) is 0.815. The number of ether oxygens (including phenoxy) is 1. The molecule has 6 nitrogen and oxygen atoms in total. The number of benzene rings is 1. The number of aliphatic imine (C=N–C) groups is 1. The number of thioether (sulfide) groups is 1. The molecule has 0 bridgehead atoms. The van der Waals surface area contributed by atoms with Crippen LogP contribution < -0.4 is 5.73 Å². The maximum absolute atomic E-state index is 12.4. The van der Waals surface area contributed by atoms with Crippen molar-refractivity contribution < 1.29 is 9.53 Å². The average Bonchev–Trinajstić information content (AvgIpc) is 2.89. The van der Waals surface area contributed by atoms with Crippen molar-refractivity contribution in [3.05, 3.63) is 56.8 Å². The highest BCUT2D eigenvalue weighted by Gasteiger charge is 2.43. The first-order valence-corrected chi connectivity index (χ1v) is 8.18. The van der Waals surface area contributed by atoms with Crippen LogP contribution in [0.3, 0.4) is 0 Å². The number of nitrogens with zero attached hydrogens (tertiary/aromatic N) is 3. The lowest BCUT2D eigenvalue weighted by Crippen LogP contribution is -2.38. The van der Waals surface area contributed by atoms with Crippen LogP contribution in [0.1, 0.15) is 18.5 Å². The van der Waals surface area contributed by atoms with Crippen molar-refractivity contribution in [3.8, 4) is 6.07 Å². The summed E-state index contributed by atoms with van der Waals surface area (Å²) in [6, 6.07) is 8.63. The zero-order chi connectivity index (χ0) is 17.4. The van der Waals surface area contributed by atoms with Gasteiger partial charge in [-0.15, -0.1) is 0 Å². The molecule has 0 saturated carbocycles. The molecule has 2 N–H and O–H groups in total. The summed E-state index contributed by atoms with van der Waals surface area (Å²) in [5.41, 5.74) is 7.68. The first-order valence-electron chi connectivity index (χ1n) is 6.98. The number of carbonyl (C=O) groups excluding carboxylic acids is 1. The summed E-state index contributed by atoms with van der Waals surface area (Å²) < 4.78 is 4.92. The summed E-state index contributed by atoms with van der Waals surface area (Å²) in [5, 5.41) is 10.3. The van der Waals surface area contributed by atoms with Crippen LogP contribution in [0.4, 0.5) is 0 Å². The minimum absolute atomic E-state index is 0.250. The lowest BCUT2D eigenvalue weighted by Gasteiger charge is -2.35. The average molecular weight is 361 g/mol. The third-order valence-electron chi connectivity index (χ3n) is 3.78. The van der Waals surface area contributed by atoms with E-state index in [2.05, 4.69) is 11.1 Å². The van der Waals surface area contributed by atoms with Gasteiger partial charge >= 0.3 is 5.97 Å². The van der Waals surface area contributed by atoms with Crippen LogP contribution in [0.2, 0.25) is 5.02 Å². The predicted molar refractivity (Wildman–Crippen MR) is 92.6 cm³/mol. The van der Waals surface area contributed by atoms with E-state index < -0.39 is 12.0 Å². The predicted octanol–water partition coefficient (Wildman–Crippen LogP) is 2.90. The fourth-order valence-electron chi connectivity index (χ4n) is 2.70. The summed E-state index contributed by atoms with van der Waals surface area (Å²) in [7, 11) is 1.31. The molecule has 0 aliphatic carbocycles. The van der Waals surface area contributed by atoms with E-state index in [0.717, 1.165) is 0 Å². The SMILES string of the molecule is COC(=O)C1=C(C)N=C2SC(C#N)=C(N)N2[C@@H]1c1ccccc1Cl. The van der Waals surface area contributed by atoms with Gasteiger partial charge in [-0.3, -0.25) is 4.90 Å². The standard InChI is InChI=1S/C16H13ClN4O2S/c1-8-12(15(22)23-2)13(9-5-3-4-6-10(9)17)21-14(19)11(7-18)24-16(21)20-8/h3-6,13H,19H2,1-2H3/t13-/m1/s1. The Morgan fingerprint density at radius 1 is 1.50 bits per heavy atom. The van der Waals surface area contributed by atoms with E-state index in [4.69, 9.17) is 22.1 Å². The number of hydrogen-bond acceptors (Lipinski definition) is 7. The zero-order valence-corrected chi connectivity index (χ0v) is 14.5. The third kappa shape index (κ3) is 2.44. The smallest absolute Gasteiger partial charge is 0.338 e. The third-order valence-corrected chi connectivity index (χ3v) is 5.10. The Balaban J connectivity index is 2.25. The molecule has 1 atom stereocenters. The van der Waals surface area contributed by atoms with Gasteiger partial charge in [0.1, 0.15) is 16.8 Å². The molecule has 2 heterocycles. The fourth-order valence-corrected chi connectivity index (χ4v) is 3.86. The number of carbonyl (C=O) groups is 1. The van der Waals surface area contributed by atoms with Gasteiger partial charge in [-0.05, 0) is 30.3 Å². The number of allylic oxidation sites excluding steroid dienone is 2. The summed E-state index contributed by atoms with van der Waals surface area (Å²) in [4.78, 5) is 18.8. The normalized spacial score (nSPS) is 19.8. The second kappa shape index (κ2) is 6.23. The lowest BCUT2D eigenvalue weighted by atomic mass is 9.94. The van der Waals surface area contributed by atoms with Crippen molar-refractivity contribution in [2.24, 2.45) is 10.7 Å². The molecule has 122 valence electrons. The molecule has 0 radical (unpaired) electrons. The Labute approximate surface area is 148 Å². The molecule has 2 aliphatic heterocycles. The van der Waals surface area contributed by atoms with Crippen LogP contribution in [0.5, 0.6) is 0 Å². The van der Waals surface area contributed by atoms with Gasteiger partial charge in [0, 0.05) is 5.02 Å². The summed E-state index contributed by atoms with van der Waals surface area (Å²) in [6.07, 6.45) is 0. The number of hydrogen-bond donors (Lipinski definition) is 1. The van der Waals surface area contributed by atoms with E-state index in [1.165, 1.54) is 18.9 Å². The first kappa shape index (κ1) is 16.4. The van der Waals surface area contributed by atoms with Gasteiger partial charge in [-0.25, -0.2) is 9.79 Å². The summed E-state index contributed by atoms with van der Waals surface area (Å²) in [6.45, 7) is 1.72. The fraction of sp³-hybridized carbons (Fsp3) is 0.188. The zero-order valence-electron chi connectivity index (χ0n) is 12.9. The summed E-state index contributed by atoms with van der Waals surface area (Å²) in [5.74, 6) is -0.261. The van der Waals surface area contributed by atoms with Crippen LogP contribution >= 0.6 is 23.4 Å². The van der Waals surface area contributed by atoms with E-state index >= 15 is 0 Å². The number of amidine groups is 1. The number of esters is 1. The number of nitrogens with two attached hydrogens (primary N) is 1. The molecule has 0 spiro atoms. The van der Waals surface area contributed by atoms with Crippen LogP contribution in [0.15, 0.2) is 51.3 Å². The highest BCUT2D eigenvalue weighted by molar-refractivity contribution is 8.17. The maximum atomic E-state index is 12.4. The Morgan fingerprint density at radius 2 is 2.21 bits per heavy atom. The Kier molecular flexibility index (Phi) is 4.26. The molecule has 2 aliphatic rings. The van der Waals surface area contributed by atoms with Crippen molar-refractivity contribution in [2.45, 2.75) is 13.0 Å². The molecule has 3 rings (SSSR count). The number of rotatable bonds is 2. The molecule has 24 heavy (non-hydrogen) atoms. The molecule has 0 fully saturated rings. The molecular formula is C16H13ClN4O2S. The van der Waals surface area contributed by atoms with Gasteiger partial charge in [-0.2, -0.15) is 5.26 Å². The van der Waals surface area contributed by atoms with Crippen LogP contribution in [-0.2, 0) is 9.53 Å². The number of nitriles is 1. The lowest BCUT2D eigenvalue weighted by molar-refractivity contribution is -0.136. The molecule has 8 heteroatoms. The van der Waals surface area contributed by atoms with E-state index in [1.807, 2.05) is 12.1 Å². The van der Waals surface area contributed by atoms with Crippen molar-refractivity contribution in [2.75, 3.05) is 7.11 Å². The maximum Gasteiger partial charge on any atom is 0.338 e. The number of fused-ring (bicyclic) bond motifs is 1. The molecule has 0 aromatic heterocycles. The van der Waals surface area contributed by atoms with Gasteiger partial charge in [0.2, 0.25) is 0 Å². The first-order chi connectivity index (χ1) is 11.5. The Morgan fingerprint density at radius 3 is 2.83 bits per heavy atom. The second-order valence-electron chi connectivity index (χ2n) is 5.11. The van der Waals surface area contributed by atoms with Crippen molar-refractivity contribution in [1.29, 1.82) is 5.26 Å². The highest BCUT2D eigenvalue weighted by atomic mass is 35.5. The Bertz CT molecular complexity index is 869. The van der Waals surface area contributed by atoms with Crippen LogP contribution in [-0.4, -0.2) is 23.1 Å². The van der Waals surface area contributed by atoms with Crippen molar-refractivity contribution in [1.82, 2.24) is 4.90 Å². The van der Waals surface area contributed by atoms with Gasteiger partial charge in [0.25, 0.3) is 0 Å². The molecule has 0 saturated heterocycles. The number of methoxy groups -OCH3 is 1. The van der Waals surface area contributed by atoms with Gasteiger partial charge in [-0.1, -0.05) is 29.8 Å². The van der Waals surface area contributed by atoms with E-state index in [0.29, 0.717) is 31.9 Å². The van der Waals surface area contributed by atoms with Crippen LogP contribution in [0, 0.1) is 11.3 Å². The van der Waals surface area contributed by atoms with E-state index in [9.17, 15) is 10.1 Å². The molecule has 1 aromatic carbocycles. The van der Waals surface area contributed by atoms with Gasteiger partial charge < -0.3 is 10.5 Å². The van der Waals surface area contributed by atoms with Gasteiger partial charge in [0.05, 0.1) is 24.4 Å². The van der Waals surface area contributed by atoms with Crippen LogP contribution in [0.25, 0.3) is 0 Å². The number of halogens is 1. The second-order valence-corrected chi connectivity index (χ2v) is 6.49. The molecule has 1 aromatic rings. The summed E-state index contributed by atoms with van der Waals surface area (Å²) >= 11 is 7.53. The van der Waals surface area contributed by atoms with Crippen molar-refractivity contribution in [3.63, 3.8) is 0 Å². The van der Waals surface area contributed by atoms with Gasteiger partial charge in [0.15, 0.2) is 5.17 Å². The minimum Gasteiger partial charge on any atom is -0.466 e.